The topological polar surface area (TPSA) is 99.4 Å². The van der Waals surface area contributed by atoms with Crippen molar-refractivity contribution in [3.8, 4) is 11.5 Å². The highest BCUT2D eigenvalue weighted by Crippen LogP contribution is 2.29. The van der Waals surface area contributed by atoms with Crippen LogP contribution in [-0.4, -0.2) is 35.6 Å². The number of amides is 1. The smallest absolute Gasteiger partial charge is 0.387 e. The van der Waals surface area contributed by atoms with Crippen molar-refractivity contribution in [2.45, 2.75) is 17.5 Å². The lowest BCUT2D eigenvalue weighted by Crippen LogP contribution is -2.24. The Bertz CT molecular complexity index is 700. The van der Waals surface area contributed by atoms with Crippen molar-refractivity contribution < 1.29 is 23.0 Å². The van der Waals surface area contributed by atoms with E-state index in [-0.39, 0.29) is 29.7 Å². The quantitative estimate of drug-likeness (QED) is 0.681. The molecule has 0 saturated carbocycles. The zero-order valence-corrected chi connectivity index (χ0v) is 14.1. The highest BCUT2D eigenvalue weighted by Gasteiger charge is 2.12. The largest absolute Gasteiger partial charge is 0.493 e. The molecule has 0 saturated heterocycles. The van der Waals surface area contributed by atoms with Crippen molar-refractivity contribution in [3.05, 3.63) is 23.8 Å². The number of nitrogens with one attached hydrogen (secondary N) is 1. The van der Waals surface area contributed by atoms with Gasteiger partial charge in [0.05, 0.1) is 12.9 Å². The van der Waals surface area contributed by atoms with Crippen molar-refractivity contribution in [2.75, 3.05) is 18.6 Å². The minimum atomic E-state index is -2.93. The molecule has 1 amide bonds. The van der Waals surface area contributed by atoms with Gasteiger partial charge in [-0.1, -0.05) is 29.2 Å². The van der Waals surface area contributed by atoms with Crippen molar-refractivity contribution in [1.82, 2.24) is 15.5 Å². The number of nitrogens with zero attached hydrogens (tertiary/aromatic N) is 2. The van der Waals surface area contributed by atoms with E-state index in [1.807, 2.05) is 0 Å². The average Bonchev–Trinajstić information content (AvgIpc) is 2.97. The summed E-state index contributed by atoms with van der Waals surface area (Å²) in [7, 11) is 1.35. The second-order valence-corrected chi connectivity index (χ2v) is 6.57. The predicted octanol–water partition coefficient (Wildman–Crippen LogP) is 2.14. The fourth-order valence-corrected chi connectivity index (χ4v) is 3.14. The highest BCUT2D eigenvalue weighted by molar-refractivity contribution is 8.01. The molecule has 2 aromatic rings. The molecule has 1 heterocycles. The van der Waals surface area contributed by atoms with Gasteiger partial charge in [-0.05, 0) is 17.7 Å². The number of methoxy groups -OCH3 is 1. The summed E-state index contributed by atoms with van der Waals surface area (Å²) in [5, 5.41) is 10.5. The number of nitrogen functional groups attached to an aromatic ring is 1. The third kappa shape index (κ3) is 5.49. The molecule has 0 spiro atoms. The molecule has 0 aliphatic heterocycles. The maximum atomic E-state index is 12.3. The first-order chi connectivity index (χ1) is 11.5. The summed E-state index contributed by atoms with van der Waals surface area (Å²) in [4.78, 5) is 11.8. The number of aromatic nitrogens is 2. The SMILES string of the molecule is COc1cc(CNC(=O)CSc2nnc(N)s2)ccc1OC(F)F. The summed E-state index contributed by atoms with van der Waals surface area (Å²) in [5.41, 5.74) is 6.14. The first kappa shape index (κ1) is 18.2. The number of hydrogen-bond donors (Lipinski definition) is 2. The number of rotatable bonds is 8. The summed E-state index contributed by atoms with van der Waals surface area (Å²) in [5.74, 6) is 0.0617. The van der Waals surface area contributed by atoms with E-state index in [9.17, 15) is 13.6 Å². The van der Waals surface area contributed by atoms with Gasteiger partial charge in [-0.25, -0.2) is 0 Å². The maximum Gasteiger partial charge on any atom is 0.387 e. The number of benzene rings is 1. The molecule has 0 fully saturated rings. The first-order valence-corrected chi connectivity index (χ1v) is 8.38. The first-order valence-electron chi connectivity index (χ1n) is 6.58. The second kappa shape index (κ2) is 8.64. The Kier molecular flexibility index (Phi) is 6.55. The van der Waals surface area contributed by atoms with Crippen LogP contribution in [0.4, 0.5) is 13.9 Å². The van der Waals surface area contributed by atoms with E-state index >= 15 is 0 Å². The van der Waals surface area contributed by atoms with Crippen molar-refractivity contribution in [2.24, 2.45) is 0 Å². The fourth-order valence-electron chi connectivity index (χ4n) is 1.67. The molecule has 0 bridgehead atoms. The van der Waals surface area contributed by atoms with Crippen LogP contribution in [0.15, 0.2) is 22.5 Å². The third-order valence-corrected chi connectivity index (χ3v) is 4.57. The second-order valence-electron chi connectivity index (χ2n) is 4.34. The number of anilines is 1. The Balaban J connectivity index is 1.85. The van der Waals surface area contributed by atoms with Gasteiger partial charge in [-0.2, -0.15) is 8.78 Å². The Hall–Kier alpha value is -2.14. The number of nitrogens with two attached hydrogens (primary N) is 1. The molecule has 3 N–H and O–H groups in total. The zero-order chi connectivity index (χ0) is 17.5. The van der Waals surface area contributed by atoms with Gasteiger partial charge in [0.2, 0.25) is 11.0 Å². The number of carbonyl (C=O) groups excluding carboxylic acids is 1. The maximum absolute atomic E-state index is 12.3. The van der Waals surface area contributed by atoms with E-state index in [1.165, 1.54) is 42.3 Å². The Morgan fingerprint density at radius 3 is 2.83 bits per heavy atom. The molecule has 7 nitrogen and oxygen atoms in total. The number of halogens is 2. The molecule has 0 aliphatic carbocycles. The molecule has 11 heteroatoms. The van der Waals surface area contributed by atoms with E-state index in [4.69, 9.17) is 10.5 Å². The average molecular weight is 376 g/mol. The molecule has 0 radical (unpaired) electrons. The van der Waals surface area contributed by atoms with Crippen LogP contribution in [0.3, 0.4) is 0 Å². The van der Waals surface area contributed by atoms with Crippen LogP contribution in [0.25, 0.3) is 0 Å². The molecule has 0 atom stereocenters. The van der Waals surface area contributed by atoms with Crippen LogP contribution in [0.2, 0.25) is 0 Å². The van der Waals surface area contributed by atoms with Gasteiger partial charge in [-0.15, -0.1) is 10.2 Å². The minimum absolute atomic E-state index is 0.0630. The molecule has 24 heavy (non-hydrogen) atoms. The van der Waals surface area contributed by atoms with Crippen LogP contribution < -0.4 is 20.5 Å². The molecular weight excluding hydrogens is 362 g/mol. The predicted molar refractivity (Wildman–Crippen MR) is 86.5 cm³/mol. The summed E-state index contributed by atoms with van der Waals surface area (Å²) in [6, 6.07) is 4.46. The van der Waals surface area contributed by atoms with Gasteiger partial charge in [0.25, 0.3) is 0 Å². The number of hydrogen-bond acceptors (Lipinski definition) is 8. The van der Waals surface area contributed by atoms with Gasteiger partial charge in [0, 0.05) is 6.54 Å². The number of carbonyl (C=O) groups is 1. The summed E-state index contributed by atoms with van der Waals surface area (Å²) in [6.07, 6.45) is 0. The van der Waals surface area contributed by atoms with Crippen molar-refractivity contribution in [3.63, 3.8) is 0 Å². The Morgan fingerprint density at radius 1 is 1.42 bits per heavy atom. The van der Waals surface area contributed by atoms with Crippen molar-refractivity contribution >= 4 is 34.1 Å². The summed E-state index contributed by atoms with van der Waals surface area (Å²) in [6.45, 7) is -2.71. The zero-order valence-electron chi connectivity index (χ0n) is 12.5. The lowest BCUT2D eigenvalue weighted by molar-refractivity contribution is -0.118. The summed E-state index contributed by atoms with van der Waals surface area (Å²) < 4.78 is 34.5. The molecule has 0 aliphatic rings. The monoisotopic (exact) mass is 376 g/mol. The number of thioether (sulfide) groups is 1. The van der Waals surface area contributed by atoms with Crippen molar-refractivity contribution in [1.29, 1.82) is 0 Å². The molecule has 130 valence electrons. The van der Waals surface area contributed by atoms with E-state index < -0.39 is 6.61 Å². The Morgan fingerprint density at radius 2 is 2.21 bits per heavy atom. The van der Waals surface area contributed by atoms with Crippen LogP contribution >= 0.6 is 23.1 Å². The lowest BCUT2D eigenvalue weighted by Gasteiger charge is -2.11. The van der Waals surface area contributed by atoms with Crippen LogP contribution in [0, 0.1) is 0 Å². The molecule has 1 aromatic heterocycles. The molecule has 2 rings (SSSR count). The van der Waals surface area contributed by atoms with Crippen LogP contribution in [0.5, 0.6) is 11.5 Å². The standard InChI is InChI=1S/C13H14F2N4O3S2/c1-21-9-4-7(2-3-8(9)22-11(14)15)5-17-10(20)6-23-13-19-18-12(16)24-13/h2-4,11H,5-6H2,1H3,(H2,16,18)(H,17,20). The van der Waals surface area contributed by atoms with E-state index in [0.717, 1.165) is 0 Å². The fraction of sp³-hybridized carbons (Fsp3) is 0.308. The van der Waals surface area contributed by atoms with Gasteiger partial charge < -0.3 is 20.5 Å². The van der Waals surface area contributed by atoms with E-state index in [0.29, 0.717) is 15.0 Å². The minimum Gasteiger partial charge on any atom is -0.493 e. The molecule has 1 aromatic carbocycles. The van der Waals surface area contributed by atoms with Crippen LogP contribution in [0.1, 0.15) is 5.56 Å². The number of ether oxygens (including phenoxy) is 2. The Labute approximate surface area is 144 Å². The van der Waals surface area contributed by atoms with Gasteiger partial charge >= 0.3 is 6.61 Å². The molecule has 0 unspecified atom stereocenters. The van der Waals surface area contributed by atoms with E-state index in [1.54, 1.807) is 6.07 Å². The summed E-state index contributed by atoms with van der Waals surface area (Å²) >= 11 is 2.43. The van der Waals surface area contributed by atoms with Gasteiger partial charge in [0.1, 0.15) is 0 Å². The number of alkyl halides is 2. The highest BCUT2D eigenvalue weighted by atomic mass is 32.2. The van der Waals surface area contributed by atoms with Crippen LogP contribution in [-0.2, 0) is 11.3 Å². The van der Waals surface area contributed by atoms with E-state index in [2.05, 4.69) is 20.3 Å². The third-order valence-electron chi connectivity index (χ3n) is 2.68. The lowest BCUT2D eigenvalue weighted by atomic mass is 10.2. The molecular formula is C13H14F2N4O3S2. The van der Waals surface area contributed by atoms with Gasteiger partial charge in [-0.3, -0.25) is 4.79 Å². The van der Waals surface area contributed by atoms with Gasteiger partial charge in [0.15, 0.2) is 15.8 Å². The normalized spacial score (nSPS) is 10.7.